The first-order valence-electron chi connectivity index (χ1n) is 14.0. The summed E-state index contributed by atoms with van der Waals surface area (Å²) >= 11 is 0. The SMILES string of the molecule is C=C(C)CCCCC1=Nc2cc(-c3cc(CCCc4cccc(F)c4)on3)ccc2C(=C)N1C(/C=C\C)=C/C=C/F. The molecule has 0 N–H and O–H groups in total. The van der Waals surface area contributed by atoms with Crippen LogP contribution in [0.1, 0.15) is 62.8 Å². The Balaban J connectivity index is 1.56. The Morgan fingerprint density at radius 3 is 2.66 bits per heavy atom. The molecule has 2 aromatic carbocycles. The molecule has 4 nitrogen and oxygen atoms in total. The highest BCUT2D eigenvalue weighted by Crippen LogP contribution is 2.39. The fraction of sp³-hybridized carbons (Fsp3) is 0.257. The lowest BCUT2D eigenvalue weighted by molar-refractivity contribution is 0.382. The Morgan fingerprint density at radius 2 is 1.90 bits per heavy atom. The number of allylic oxidation sites excluding steroid dienone is 5. The van der Waals surface area contributed by atoms with E-state index in [0.29, 0.717) is 12.8 Å². The summed E-state index contributed by atoms with van der Waals surface area (Å²) in [7, 11) is 0. The van der Waals surface area contributed by atoms with Gasteiger partial charge in [-0.05, 0) is 87.9 Å². The van der Waals surface area contributed by atoms with E-state index in [-0.39, 0.29) is 5.82 Å². The van der Waals surface area contributed by atoms with Gasteiger partial charge in [-0.1, -0.05) is 47.7 Å². The van der Waals surface area contributed by atoms with Gasteiger partial charge < -0.3 is 4.52 Å². The van der Waals surface area contributed by atoms with Crippen molar-refractivity contribution in [1.29, 1.82) is 0 Å². The van der Waals surface area contributed by atoms with Crippen molar-refractivity contribution in [2.24, 2.45) is 4.99 Å². The predicted molar refractivity (Wildman–Crippen MR) is 165 cm³/mol. The van der Waals surface area contributed by atoms with Gasteiger partial charge in [-0.2, -0.15) is 0 Å². The van der Waals surface area contributed by atoms with E-state index in [9.17, 15) is 8.78 Å². The molecule has 0 radical (unpaired) electrons. The monoisotopic (exact) mass is 553 g/mol. The molecule has 1 aliphatic heterocycles. The fourth-order valence-corrected chi connectivity index (χ4v) is 4.91. The van der Waals surface area contributed by atoms with Crippen molar-refractivity contribution in [3.63, 3.8) is 0 Å². The zero-order valence-corrected chi connectivity index (χ0v) is 23.9. The second-order valence-electron chi connectivity index (χ2n) is 10.3. The summed E-state index contributed by atoms with van der Waals surface area (Å²) in [5.74, 6) is 1.43. The van der Waals surface area contributed by atoms with Crippen LogP contribution in [0.2, 0.25) is 0 Å². The third-order valence-electron chi connectivity index (χ3n) is 6.91. The van der Waals surface area contributed by atoms with Gasteiger partial charge in [0.25, 0.3) is 0 Å². The van der Waals surface area contributed by atoms with Gasteiger partial charge in [-0.25, -0.2) is 13.8 Å². The van der Waals surface area contributed by atoms with E-state index in [1.165, 1.54) is 12.1 Å². The summed E-state index contributed by atoms with van der Waals surface area (Å²) in [5, 5.41) is 4.31. The summed E-state index contributed by atoms with van der Waals surface area (Å²) in [4.78, 5) is 7.08. The summed E-state index contributed by atoms with van der Waals surface area (Å²) in [6, 6.07) is 14.6. The molecule has 0 atom stereocenters. The fourth-order valence-electron chi connectivity index (χ4n) is 4.91. The first-order valence-corrected chi connectivity index (χ1v) is 14.0. The van der Waals surface area contributed by atoms with Gasteiger partial charge in [0.2, 0.25) is 0 Å². The van der Waals surface area contributed by atoms with Gasteiger partial charge in [0, 0.05) is 41.4 Å². The van der Waals surface area contributed by atoms with E-state index < -0.39 is 0 Å². The van der Waals surface area contributed by atoms with E-state index in [0.717, 1.165) is 95.2 Å². The van der Waals surface area contributed by atoms with Crippen LogP contribution in [-0.4, -0.2) is 15.9 Å². The average Bonchev–Trinajstić information content (AvgIpc) is 3.42. The van der Waals surface area contributed by atoms with Crippen molar-refractivity contribution < 1.29 is 13.3 Å². The topological polar surface area (TPSA) is 41.6 Å². The molecule has 41 heavy (non-hydrogen) atoms. The molecule has 0 bridgehead atoms. The van der Waals surface area contributed by atoms with Crippen molar-refractivity contribution in [1.82, 2.24) is 10.1 Å². The van der Waals surface area contributed by atoms with Gasteiger partial charge in [0.05, 0.1) is 12.0 Å². The molecule has 3 aromatic rings. The molecular formula is C35H37F2N3O. The average molecular weight is 554 g/mol. The second-order valence-corrected chi connectivity index (χ2v) is 10.3. The maximum Gasteiger partial charge on any atom is 0.137 e. The zero-order valence-electron chi connectivity index (χ0n) is 23.9. The molecular weight excluding hydrogens is 516 g/mol. The number of benzene rings is 2. The maximum absolute atomic E-state index is 13.5. The number of hydrogen-bond acceptors (Lipinski definition) is 4. The normalized spacial score (nSPS) is 13.8. The number of nitrogens with zero attached hydrogens (tertiary/aromatic N) is 3. The zero-order chi connectivity index (χ0) is 29.2. The van der Waals surface area contributed by atoms with Crippen LogP contribution in [0.25, 0.3) is 17.0 Å². The minimum atomic E-state index is -0.217. The van der Waals surface area contributed by atoms with E-state index in [4.69, 9.17) is 9.52 Å². The molecule has 1 aromatic heterocycles. The lowest BCUT2D eigenvalue weighted by Gasteiger charge is -2.33. The Labute approximate surface area is 241 Å². The molecule has 6 heteroatoms. The number of unbranched alkanes of at least 4 members (excludes halogenated alkanes) is 1. The second kappa shape index (κ2) is 14.4. The maximum atomic E-state index is 13.5. The highest BCUT2D eigenvalue weighted by molar-refractivity contribution is 6.00. The Bertz CT molecular complexity index is 1510. The number of aryl methyl sites for hydroxylation is 2. The van der Waals surface area contributed by atoms with Gasteiger partial charge in [-0.3, -0.25) is 4.90 Å². The van der Waals surface area contributed by atoms with Gasteiger partial charge in [0.1, 0.15) is 23.1 Å². The largest absolute Gasteiger partial charge is 0.361 e. The summed E-state index contributed by atoms with van der Waals surface area (Å²) in [6.07, 6.45) is 13.4. The van der Waals surface area contributed by atoms with Crippen molar-refractivity contribution in [2.75, 3.05) is 0 Å². The molecule has 4 rings (SSSR count). The van der Waals surface area contributed by atoms with Crippen molar-refractivity contribution in [3.8, 4) is 11.3 Å². The molecule has 0 saturated heterocycles. The molecule has 0 unspecified atom stereocenters. The standard InChI is InChI=1S/C35H37F2N3O/c1-5-11-30(16-10-21-36)40-26(4)32-20-19-28(23-34(32)38-35(40)18-7-6-12-25(2)3)33-24-31(41-39-33)17-9-14-27-13-8-15-29(37)22-27/h5,8,10-11,13,15-16,19-24H,2,4,6-7,9,12,14,17-18H2,1,3H3/b11-5-,21-10+,30-16+. The molecule has 212 valence electrons. The van der Waals surface area contributed by atoms with Gasteiger partial charge >= 0.3 is 0 Å². The van der Waals surface area contributed by atoms with E-state index in [2.05, 4.69) is 18.3 Å². The Kier molecular flexibility index (Phi) is 10.4. The number of halogens is 2. The number of fused-ring (bicyclic) bond motifs is 1. The van der Waals surface area contributed by atoms with Gasteiger partial charge in [0.15, 0.2) is 0 Å². The first-order chi connectivity index (χ1) is 19.9. The van der Waals surface area contributed by atoms with Crippen LogP contribution in [0.4, 0.5) is 14.5 Å². The molecule has 0 saturated carbocycles. The van der Waals surface area contributed by atoms with Crippen molar-refractivity contribution >= 4 is 17.2 Å². The van der Waals surface area contributed by atoms with E-state index in [1.54, 1.807) is 18.2 Å². The highest BCUT2D eigenvalue weighted by atomic mass is 19.1. The smallest absolute Gasteiger partial charge is 0.137 e. The van der Waals surface area contributed by atoms with Crippen LogP contribution >= 0.6 is 0 Å². The predicted octanol–water partition coefficient (Wildman–Crippen LogP) is 10.1. The van der Waals surface area contributed by atoms with Crippen LogP contribution in [0, 0.1) is 5.82 Å². The highest BCUT2D eigenvalue weighted by Gasteiger charge is 2.26. The van der Waals surface area contributed by atoms with Crippen molar-refractivity contribution in [2.45, 2.75) is 58.8 Å². The third kappa shape index (κ3) is 7.88. The van der Waals surface area contributed by atoms with Crippen LogP contribution in [-0.2, 0) is 12.8 Å². The van der Waals surface area contributed by atoms with Crippen LogP contribution < -0.4 is 0 Å². The summed E-state index contributed by atoms with van der Waals surface area (Å²) < 4.78 is 32.0. The first kappa shape index (κ1) is 29.7. The number of aromatic nitrogens is 1. The molecule has 0 aliphatic carbocycles. The molecule has 2 heterocycles. The van der Waals surface area contributed by atoms with E-state index >= 15 is 0 Å². The molecule has 0 amide bonds. The van der Waals surface area contributed by atoms with Gasteiger partial charge in [-0.15, -0.1) is 6.58 Å². The third-order valence-corrected chi connectivity index (χ3v) is 6.91. The number of hydrogen-bond donors (Lipinski definition) is 0. The number of amidine groups is 1. The molecule has 0 spiro atoms. The van der Waals surface area contributed by atoms with Crippen LogP contribution in [0.3, 0.4) is 0 Å². The van der Waals surface area contributed by atoms with E-state index in [1.807, 2.05) is 61.2 Å². The van der Waals surface area contributed by atoms with Crippen LogP contribution in [0.5, 0.6) is 0 Å². The Morgan fingerprint density at radius 1 is 1.05 bits per heavy atom. The number of rotatable bonds is 13. The quantitative estimate of drug-likeness (QED) is 0.120. The minimum Gasteiger partial charge on any atom is -0.361 e. The molecule has 0 fully saturated rings. The van der Waals surface area contributed by atoms with Crippen molar-refractivity contribution in [3.05, 3.63) is 126 Å². The minimum absolute atomic E-state index is 0.217. The summed E-state index contributed by atoms with van der Waals surface area (Å²) in [6.45, 7) is 12.4. The molecule has 1 aliphatic rings. The van der Waals surface area contributed by atoms with Crippen LogP contribution in [0.15, 0.2) is 113 Å². The Hall–Kier alpha value is -4.32. The lowest BCUT2D eigenvalue weighted by Crippen LogP contribution is -2.30. The lowest BCUT2D eigenvalue weighted by atomic mass is 10.00. The number of aliphatic imine (C=N–C) groups is 1. The summed E-state index contributed by atoms with van der Waals surface area (Å²) in [5.41, 5.74) is 7.06.